The summed E-state index contributed by atoms with van der Waals surface area (Å²) in [5.41, 5.74) is 4.04. The molecule has 0 unspecified atom stereocenters. The van der Waals surface area contributed by atoms with Gasteiger partial charge in [0.15, 0.2) is 0 Å². The maximum Gasteiger partial charge on any atom is 0.272 e. The van der Waals surface area contributed by atoms with Gasteiger partial charge in [-0.05, 0) is 18.2 Å². The minimum absolute atomic E-state index is 0.0519. The standard InChI is InChI=1S/C25H24N6O2/c1-33-20-9-5-8-19(14-20)22-15-23(29-28-22)25(32)31-12-10-30(11-13-31)24-16-21(26-17-27-24)18-6-3-2-4-7-18/h2-9,14-17H,10-13H2,1H3,(H,28,29). The van der Waals surface area contributed by atoms with Crippen molar-refractivity contribution < 1.29 is 9.53 Å². The van der Waals surface area contributed by atoms with Crippen LogP contribution in [0.15, 0.2) is 73.1 Å². The van der Waals surface area contributed by atoms with Crippen LogP contribution in [0.3, 0.4) is 0 Å². The van der Waals surface area contributed by atoms with Gasteiger partial charge in [-0.3, -0.25) is 9.89 Å². The number of H-pyrrole nitrogens is 1. The highest BCUT2D eigenvalue weighted by Gasteiger charge is 2.24. The van der Waals surface area contributed by atoms with E-state index in [4.69, 9.17) is 4.74 Å². The molecule has 33 heavy (non-hydrogen) atoms. The summed E-state index contributed by atoms with van der Waals surface area (Å²) in [5, 5.41) is 7.21. The van der Waals surface area contributed by atoms with E-state index < -0.39 is 0 Å². The number of benzene rings is 2. The molecule has 1 fully saturated rings. The Bertz CT molecular complexity index is 1250. The lowest BCUT2D eigenvalue weighted by Crippen LogP contribution is -2.49. The fraction of sp³-hybridized carbons (Fsp3) is 0.200. The normalized spacial score (nSPS) is 13.7. The molecule has 0 bridgehead atoms. The van der Waals surface area contributed by atoms with Gasteiger partial charge in [0, 0.05) is 43.4 Å². The number of hydrogen-bond acceptors (Lipinski definition) is 6. The molecule has 1 aliphatic rings. The Labute approximate surface area is 191 Å². The first-order valence-corrected chi connectivity index (χ1v) is 10.8. The number of hydrogen-bond donors (Lipinski definition) is 1. The van der Waals surface area contributed by atoms with Crippen LogP contribution in [0.25, 0.3) is 22.5 Å². The summed E-state index contributed by atoms with van der Waals surface area (Å²) in [6.07, 6.45) is 1.60. The number of nitrogens with one attached hydrogen (secondary N) is 1. The van der Waals surface area contributed by atoms with Gasteiger partial charge in [0.25, 0.3) is 5.91 Å². The van der Waals surface area contributed by atoms with Crippen molar-refractivity contribution >= 4 is 11.7 Å². The minimum Gasteiger partial charge on any atom is -0.497 e. The second kappa shape index (κ2) is 9.12. The molecule has 5 rings (SSSR count). The lowest BCUT2D eigenvalue weighted by Gasteiger charge is -2.35. The molecular weight excluding hydrogens is 416 g/mol. The SMILES string of the molecule is COc1cccc(-c2cc(C(=O)N3CCN(c4cc(-c5ccccc5)ncn4)CC3)[nH]n2)c1. The van der Waals surface area contributed by atoms with Crippen LogP contribution >= 0.6 is 0 Å². The Morgan fingerprint density at radius 1 is 0.879 bits per heavy atom. The Hall–Kier alpha value is -4.20. The number of carbonyl (C=O) groups excluding carboxylic acids is 1. The van der Waals surface area contributed by atoms with Crippen LogP contribution in [-0.4, -0.2) is 64.3 Å². The molecule has 0 atom stereocenters. The van der Waals surface area contributed by atoms with Gasteiger partial charge in [-0.1, -0.05) is 42.5 Å². The van der Waals surface area contributed by atoms with Gasteiger partial charge in [-0.15, -0.1) is 0 Å². The van der Waals surface area contributed by atoms with Crippen LogP contribution in [0.4, 0.5) is 5.82 Å². The molecule has 0 spiro atoms. The molecule has 1 saturated heterocycles. The molecule has 8 heteroatoms. The van der Waals surface area contributed by atoms with Crippen molar-refractivity contribution in [2.75, 3.05) is 38.2 Å². The van der Waals surface area contributed by atoms with Crippen molar-refractivity contribution in [3.63, 3.8) is 0 Å². The van der Waals surface area contributed by atoms with Crippen molar-refractivity contribution in [2.45, 2.75) is 0 Å². The topological polar surface area (TPSA) is 87.2 Å². The first-order chi connectivity index (χ1) is 16.2. The van der Waals surface area contributed by atoms with Crippen LogP contribution in [-0.2, 0) is 0 Å². The lowest BCUT2D eigenvalue weighted by molar-refractivity contribution is 0.0740. The molecule has 1 aliphatic heterocycles. The molecule has 4 aromatic rings. The largest absolute Gasteiger partial charge is 0.497 e. The zero-order valence-electron chi connectivity index (χ0n) is 18.3. The average molecular weight is 441 g/mol. The Morgan fingerprint density at radius 2 is 1.67 bits per heavy atom. The van der Waals surface area contributed by atoms with E-state index in [0.29, 0.717) is 37.6 Å². The van der Waals surface area contributed by atoms with Crippen molar-refractivity contribution in [1.82, 2.24) is 25.1 Å². The number of methoxy groups -OCH3 is 1. The average Bonchev–Trinajstić information content (AvgIpc) is 3.39. The zero-order valence-corrected chi connectivity index (χ0v) is 18.3. The predicted octanol–water partition coefficient (Wildman–Crippen LogP) is 3.50. The highest BCUT2D eigenvalue weighted by Crippen LogP contribution is 2.24. The summed E-state index contributed by atoms with van der Waals surface area (Å²) in [4.78, 5) is 25.9. The first-order valence-electron chi connectivity index (χ1n) is 10.8. The summed E-state index contributed by atoms with van der Waals surface area (Å²) in [5.74, 6) is 1.57. The zero-order chi connectivity index (χ0) is 22.6. The summed E-state index contributed by atoms with van der Waals surface area (Å²) < 4.78 is 5.28. The van der Waals surface area contributed by atoms with Gasteiger partial charge in [0.1, 0.15) is 23.6 Å². The van der Waals surface area contributed by atoms with E-state index in [1.807, 2.05) is 65.6 Å². The van der Waals surface area contributed by atoms with Crippen molar-refractivity contribution in [2.24, 2.45) is 0 Å². The van der Waals surface area contributed by atoms with E-state index >= 15 is 0 Å². The number of rotatable bonds is 5. The van der Waals surface area contributed by atoms with E-state index in [1.54, 1.807) is 19.5 Å². The monoisotopic (exact) mass is 440 g/mol. The number of ether oxygens (including phenoxy) is 1. The molecule has 8 nitrogen and oxygen atoms in total. The number of carbonyl (C=O) groups is 1. The number of aromatic amines is 1. The molecule has 0 radical (unpaired) electrons. The summed E-state index contributed by atoms with van der Waals surface area (Å²) in [6, 6.07) is 21.5. The van der Waals surface area contributed by atoms with Crippen molar-refractivity contribution in [3.05, 3.63) is 78.8 Å². The number of piperazine rings is 1. The fourth-order valence-corrected chi connectivity index (χ4v) is 3.96. The number of nitrogens with zero attached hydrogens (tertiary/aromatic N) is 5. The number of amides is 1. The van der Waals surface area contributed by atoms with Gasteiger partial charge < -0.3 is 14.5 Å². The van der Waals surface area contributed by atoms with Crippen LogP contribution < -0.4 is 9.64 Å². The third kappa shape index (κ3) is 4.41. The second-order valence-electron chi connectivity index (χ2n) is 7.81. The summed E-state index contributed by atoms with van der Waals surface area (Å²) in [7, 11) is 1.63. The number of aromatic nitrogens is 4. The molecule has 0 aliphatic carbocycles. The van der Waals surface area contributed by atoms with Crippen LogP contribution in [0.1, 0.15) is 10.5 Å². The van der Waals surface area contributed by atoms with Crippen molar-refractivity contribution in [3.8, 4) is 28.3 Å². The Balaban J connectivity index is 1.24. The smallest absolute Gasteiger partial charge is 0.272 e. The first kappa shape index (κ1) is 20.7. The maximum absolute atomic E-state index is 13.0. The fourth-order valence-electron chi connectivity index (χ4n) is 3.96. The lowest BCUT2D eigenvalue weighted by atomic mass is 10.1. The molecule has 1 N–H and O–H groups in total. The number of anilines is 1. The van der Waals surface area contributed by atoms with Gasteiger partial charge >= 0.3 is 0 Å². The van der Waals surface area contributed by atoms with E-state index in [2.05, 4.69) is 25.1 Å². The molecular formula is C25H24N6O2. The van der Waals surface area contributed by atoms with Gasteiger partial charge in [0.05, 0.1) is 18.5 Å². The van der Waals surface area contributed by atoms with E-state index in [0.717, 1.165) is 28.4 Å². The Morgan fingerprint density at radius 3 is 2.45 bits per heavy atom. The summed E-state index contributed by atoms with van der Waals surface area (Å²) >= 11 is 0. The molecule has 2 aromatic carbocycles. The molecule has 1 amide bonds. The quantitative estimate of drug-likeness (QED) is 0.511. The third-order valence-corrected chi connectivity index (χ3v) is 5.79. The van der Waals surface area contributed by atoms with E-state index in [1.165, 1.54) is 0 Å². The maximum atomic E-state index is 13.0. The highest BCUT2D eigenvalue weighted by atomic mass is 16.5. The summed E-state index contributed by atoms with van der Waals surface area (Å²) in [6.45, 7) is 2.62. The Kier molecular flexibility index (Phi) is 5.72. The minimum atomic E-state index is -0.0519. The van der Waals surface area contributed by atoms with Crippen LogP contribution in [0, 0.1) is 0 Å². The van der Waals surface area contributed by atoms with E-state index in [-0.39, 0.29) is 5.91 Å². The van der Waals surface area contributed by atoms with Crippen molar-refractivity contribution in [1.29, 1.82) is 0 Å². The molecule has 166 valence electrons. The van der Waals surface area contributed by atoms with Gasteiger partial charge in [-0.25, -0.2) is 9.97 Å². The van der Waals surface area contributed by atoms with Gasteiger partial charge in [-0.2, -0.15) is 5.10 Å². The van der Waals surface area contributed by atoms with Crippen LogP contribution in [0.5, 0.6) is 5.75 Å². The molecule has 2 aromatic heterocycles. The van der Waals surface area contributed by atoms with E-state index in [9.17, 15) is 4.79 Å². The highest BCUT2D eigenvalue weighted by molar-refractivity contribution is 5.93. The third-order valence-electron chi connectivity index (χ3n) is 5.79. The van der Waals surface area contributed by atoms with Gasteiger partial charge in [0.2, 0.25) is 0 Å². The predicted molar refractivity (Wildman–Crippen MR) is 126 cm³/mol. The molecule has 0 saturated carbocycles. The second-order valence-corrected chi connectivity index (χ2v) is 7.81. The molecule has 3 heterocycles. The van der Waals surface area contributed by atoms with Crippen LogP contribution in [0.2, 0.25) is 0 Å².